The van der Waals surface area contributed by atoms with E-state index < -0.39 is 0 Å². The number of hydrogen-bond donors (Lipinski definition) is 0. The van der Waals surface area contributed by atoms with Gasteiger partial charge in [0.1, 0.15) is 0 Å². The molecule has 0 saturated heterocycles. The maximum absolute atomic E-state index is 10.9. The van der Waals surface area contributed by atoms with E-state index in [1.165, 1.54) is 14.2 Å². The van der Waals surface area contributed by atoms with Crippen LogP contribution in [-0.2, 0) is 19.1 Å². The summed E-state index contributed by atoms with van der Waals surface area (Å²) in [5.41, 5.74) is 0. The summed E-state index contributed by atoms with van der Waals surface area (Å²) >= 11 is 0. The summed E-state index contributed by atoms with van der Waals surface area (Å²) in [5.74, 6) is -0.141. The van der Waals surface area contributed by atoms with Gasteiger partial charge in [-0.15, -0.1) is 0 Å². The number of carbonyl (C=O) groups excluding carboxylic acids is 2. The summed E-state index contributed by atoms with van der Waals surface area (Å²) in [6, 6.07) is 0. The standard InChI is InChI=1S/C10H18O4/c1-8(7-10(12)14-3)5-4-6-9(11)13-2/h8H,4-7H2,1-3H3/t8-/m1/s1. The van der Waals surface area contributed by atoms with E-state index in [1.54, 1.807) is 0 Å². The molecule has 0 N–H and O–H groups in total. The number of carbonyl (C=O) groups is 2. The first-order chi connectivity index (χ1) is 6.60. The Hall–Kier alpha value is -1.06. The summed E-state index contributed by atoms with van der Waals surface area (Å²) in [4.78, 5) is 21.6. The monoisotopic (exact) mass is 202 g/mol. The molecule has 0 aromatic heterocycles. The normalized spacial score (nSPS) is 11.9. The fourth-order valence-electron chi connectivity index (χ4n) is 1.17. The Kier molecular flexibility index (Phi) is 6.80. The van der Waals surface area contributed by atoms with Gasteiger partial charge in [0, 0.05) is 12.8 Å². The zero-order valence-corrected chi connectivity index (χ0v) is 9.04. The lowest BCUT2D eigenvalue weighted by Crippen LogP contribution is -2.08. The lowest BCUT2D eigenvalue weighted by atomic mass is 10.0. The molecule has 0 amide bonds. The predicted octanol–water partition coefficient (Wildman–Crippen LogP) is 1.53. The minimum atomic E-state index is -0.199. The van der Waals surface area contributed by atoms with Crippen LogP contribution in [0.5, 0.6) is 0 Å². The number of esters is 2. The van der Waals surface area contributed by atoms with E-state index >= 15 is 0 Å². The zero-order chi connectivity index (χ0) is 11.0. The maximum Gasteiger partial charge on any atom is 0.305 e. The van der Waals surface area contributed by atoms with Gasteiger partial charge in [-0.1, -0.05) is 6.92 Å². The number of ether oxygens (including phenoxy) is 2. The molecule has 0 unspecified atom stereocenters. The fourth-order valence-corrected chi connectivity index (χ4v) is 1.17. The van der Waals surface area contributed by atoms with Crippen molar-refractivity contribution in [1.82, 2.24) is 0 Å². The first kappa shape index (κ1) is 12.9. The maximum atomic E-state index is 10.9. The van der Waals surface area contributed by atoms with Crippen molar-refractivity contribution < 1.29 is 19.1 Å². The lowest BCUT2D eigenvalue weighted by molar-refractivity contribution is -0.141. The highest BCUT2D eigenvalue weighted by atomic mass is 16.5. The van der Waals surface area contributed by atoms with Crippen molar-refractivity contribution in [2.45, 2.75) is 32.6 Å². The summed E-state index contributed by atoms with van der Waals surface area (Å²) in [5, 5.41) is 0. The molecule has 82 valence electrons. The highest BCUT2D eigenvalue weighted by Crippen LogP contribution is 2.12. The Morgan fingerprint density at radius 3 is 2.21 bits per heavy atom. The Balaban J connectivity index is 3.49. The Morgan fingerprint density at radius 2 is 1.71 bits per heavy atom. The van der Waals surface area contributed by atoms with Crippen molar-refractivity contribution >= 4 is 11.9 Å². The summed E-state index contributed by atoms with van der Waals surface area (Å²) < 4.78 is 9.04. The first-order valence-electron chi connectivity index (χ1n) is 4.73. The van der Waals surface area contributed by atoms with Gasteiger partial charge in [0.2, 0.25) is 0 Å². The SMILES string of the molecule is COC(=O)CCC[C@@H](C)CC(=O)OC. The molecule has 4 nitrogen and oxygen atoms in total. The van der Waals surface area contributed by atoms with E-state index in [-0.39, 0.29) is 17.9 Å². The molecule has 0 aliphatic carbocycles. The lowest BCUT2D eigenvalue weighted by Gasteiger charge is -2.08. The highest BCUT2D eigenvalue weighted by Gasteiger charge is 2.09. The molecule has 4 heteroatoms. The van der Waals surface area contributed by atoms with Crippen LogP contribution in [0.25, 0.3) is 0 Å². The van der Waals surface area contributed by atoms with Crippen molar-refractivity contribution in [3.63, 3.8) is 0 Å². The van der Waals surface area contributed by atoms with Crippen LogP contribution in [0.4, 0.5) is 0 Å². The molecule has 0 fully saturated rings. The molecule has 0 aliphatic heterocycles. The van der Waals surface area contributed by atoms with Crippen molar-refractivity contribution in [2.75, 3.05) is 14.2 Å². The van der Waals surface area contributed by atoms with Crippen LogP contribution in [0, 0.1) is 5.92 Å². The highest BCUT2D eigenvalue weighted by molar-refractivity contribution is 5.69. The molecule has 0 saturated carbocycles. The van der Waals surface area contributed by atoms with E-state index in [4.69, 9.17) is 0 Å². The minimum absolute atomic E-state index is 0.199. The molecule has 0 heterocycles. The molecule has 0 aromatic rings. The Bertz CT molecular complexity index is 189. The second-order valence-electron chi connectivity index (χ2n) is 3.35. The molecular formula is C10H18O4. The molecule has 0 spiro atoms. The van der Waals surface area contributed by atoms with E-state index in [1.807, 2.05) is 6.92 Å². The van der Waals surface area contributed by atoms with Crippen molar-refractivity contribution in [3.8, 4) is 0 Å². The second-order valence-corrected chi connectivity index (χ2v) is 3.35. The van der Waals surface area contributed by atoms with Crippen LogP contribution < -0.4 is 0 Å². The van der Waals surface area contributed by atoms with Gasteiger partial charge in [-0.05, 0) is 18.8 Å². The van der Waals surface area contributed by atoms with Gasteiger partial charge < -0.3 is 9.47 Å². The van der Waals surface area contributed by atoms with Crippen molar-refractivity contribution in [2.24, 2.45) is 5.92 Å². The van der Waals surface area contributed by atoms with Crippen LogP contribution in [0.2, 0.25) is 0 Å². The molecular weight excluding hydrogens is 184 g/mol. The van der Waals surface area contributed by atoms with E-state index in [9.17, 15) is 9.59 Å². The zero-order valence-electron chi connectivity index (χ0n) is 9.04. The predicted molar refractivity (Wildman–Crippen MR) is 51.7 cm³/mol. The third-order valence-corrected chi connectivity index (χ3v) is 2.05. The minimum Gasteiger partial charge on any atom is -0.469 e. The van der Waals surface area contributed by atoms with Crippen molar-refractivity contribution in [3.05, 3.63) is 0 Å². The first-order valence-corrected chi connectivity index (χ1v) is 4.73. The average Bonchev–Trinajstić information content (AvgIpc) is 2.17. The van der Waals surface area contributed by atoms with Crippen LogP contribution in [0.15, 0.2) is 0 Å². The van der Waals surface area contributed by atoms with Crippen LogP contribution in [0.1, 0.15) is 32.6 Å². The van der Waals surface area contributed by atoms with Crippen LogP contribution in [0.3, 0.4) is 0 Å². The summed E-state index contributed by atoms with van der Waals surface area (Å²) in [6.07, 6.45) is 2.43. The van der Waals surface area contributed by atoms with Gasteiger partial charge in [0.15, 0.2) is 0 Å². The third kappa shape index (κ3) is 6.46. The molecule has 0 radical (unpaired) electrons. The van der Waals surface area contributed by atoms with E-state index in [0.29, 0.717) is 12.8 Å². The second kappa shape index (κ2) is 7.35. The molecule has 0 bridgehead atoms. The Morgan fingerprint density at radius 1 is 1.14 bits per heavy atom. The molecule has 0 aliphatic rings. The smallest absolute Gasteiger partial charge is 0.305 e. The van der Waals surface area contributed by atoms with E-state index in [2.05, 4.69) is 9.47 Å². The van der Waals surface area contributed by atoms with Crippen LogP contribution in [-0.4, -0.2) is 26.2 Å². The van der Waals surface area contributed by atoms with Gasteiger partial charge in [-0.25, -0.2) is 0 Å². The average molecular weight is 202 g/mol. The van der Waals surface area contributed by atoms with Gasteiger partial charge in [0.25, 0.3) is 0 Å². The van der Waals surface area contributed by atoms with Crippen molar-refractivity contribution in [1.29, 1.82) is 0 Å². The number of hydrogen-bond acceptors (Lipinski definition) is 4. The van der Waals surface area contributed by atoms with Crippen LogP contribution >= 0.6 is 0 Å². The van der Waals surface area contributed by atoms with Gasteiger partial charge in [-0.3, -0.25) is 9.59 Å². The third-order valence-electron chi connectivity index (χ3n) is 2.05. The fraction of sp³-hybridized carbons (Fsp3) is 0.800. The molecule has 0 aromatic carbocycles. The van der Waals surface area contributed by atoms with Gasteiger partial charge in [0.05, 0.1) is 14.2 Å². The quantitative estimate of drug-likeness (QED) is 0.613. The topological polar surface area (TPSA) is 52.6 Å². The number of methoxy groups -OCH3 is 2. The summed E-state index contributed by atoms with van der Waals surface area (Å²) in [7, 11) is 2.75. The van der Waals surface area contributed by atoms with Gasteiger partial charge >= 0.3 is 11.9 Å². The Labute approximate surface area is 84.6 Å². The summed E-state index contributed by atoms with van der Waals surface area (Å²) in [6.45, 7) is 1.97. The number of rotatable bonds is 6. The molecule has 14 heavy (non-hydrogen) atoms. The largest absolute Gasteiger partial charge is 0.469 e. The van der Waals surface area contributed by atoms with E-state index in [0.717, 1.165) is 12.8 Å². The van der Waals surface area contributed by atoms with Gasteiger partial charge in [-0.2, -0.15) is 0 Å². The molecule has 1 atom stereocenters. The molecule has 0 rings (SSSR count).